The summed E-state index contributed by atoms with van der Waals surface area (Å²) in [5.41, 5.74) is 6.28. The average molecular weight is 195 g/mol. The molecule has 0 amide bonds. The van der Waals surface area contributed by atoms with Gasteiger partial charge in [-0.1, -0.05) is 20.3 Å². The molecule has 0 saturated heterocycles. The highest BCUT2D eigenvalue weighted by molar-refractivity contribution is 5.05. The Hall–Kier alpha value is -1.16. The molecule has 1 aromatic heterocycles. The van der Waals surface area contributed by atoms with Crippen LogP contribution in [0.4, 0.5) is 0 Å². The van der Waals surface area contributed by atoms with E-state index in [-0.39, 0.29) is 11.5 Å². The van der Waals surface area contributed by atoms with Gasteiger partial charge in [0.25, 0.3) is 5.56 Å². The average Bonchev–Trinajstić information content (AvgIpc) is 2.16. The molecule has 0 aliphatic carbocycles. The highest BCUT2D eigenvalue weighted by atomic mass is 16.1. The van der Waals surface area contributed by atoms with Gasteiger partial charge in [-0.05, 0) is 6.42 Å². The monoisotopic (exact) mass is 195 g/mol. The Bertz CT molecular complexity index is 345. The fourth-order valence-corrected chi connectivity index (χ4v) is 1.26. The largest absolute Gasteiger partial charge is 0.330 e. The third kappa shape index (κ3) is 2.67. The Labute approximate surface area is 83.6 Å². The van der Waals surface area contributed by atoms with Crippen molar-refractivity contribution in [3.05, 3.63) is 27.9 Å². The molecule has 0 radical (unpaired) electrons. The molecule has 0 aromatic carbocycles. The van der Waals surface area contributed by atoms with Crippen LogP contribution >= 0.6 is 0 Å². The molecule has 3 N–H and O–H groups in total. The maximum Gasteiger partial charge on any atom is 0.251 e. The third-order valence-electron chi connectivity index (χ3n) is 2.14. The number of rotatable bonds is 4. The summed E-state index contributed by atoms with van der Waals surface area (Å²) in [5.74, 6) is 0.808. The van der Waals surface area contributed by atoms with Gasteiger partial charge in [-0.25, -0.2) is 4.98 Å². The number of nitrogens with two attached hydrogens (primary N) is 1. The number of nitrogens with zero attached hydrogens (tertiary/aromatic N) is 1. The fourth-order valence-electron chi connectivity index (χ4n) is 1.26. The van der Waals surface area contributed by atoms with Crippen molar-refractivity contribution in [3.8, 4) is 0 Å². The summed E-state index contributed by atoms with van der Waals surface area (Å²) < 4.78 is 0. The predicted molar refractivity (Wildman–Crippen MR) is 56.3 cm³/mol. The molecule has 78 valence electrons. The van der Waals surface area contributed by atoms with Crippen molar-refractivity contribution in [2.45, 2.75) is 32.6 Å². The molecular formula is C10H17N3O. The zero-order valence-electron chi connectivity index (χ0n) is 8.71. The number of hydrogen-bond acceptors (Lipinski definition) is 3. The van der Waals surface area contributed by atoms with Crippen molar-refractivity contribution in [2.75, 3.05) is 6.54 Å². The molecule has 1 atom stereocenters. The highest BCUT2D eigenvalue weighted by Crippen LogP contribution is 2.07. The second-order valence-corrected chi connectivity index (χ2v) is 3.51. The molecule has 0 fully saturated rings. The molecule has 1 unspecified atom stereocenters. The first-order valence-electron chi connectivity index (χ1n) is 4.97. The maximum absolute atomic E-state index is 11.3. The molecule has 14 heavy (non-hydrogen) atoms. The lowest BCUT2D eigenvalue weighted by atomic mass is 10.1. The summed E-state index contributed by atoms with van der Waals surface area (Å²) in [5, 5.41) is 0. The fraction of sp³-hybridized carbons (Fsp3) is 0.600. The van der Waals surface area contributed by atoms with Gasteiger partial charge in [-0.3, -0.25) is 4.79 Å². The maximum atomic E-state index is 11.3. The van der Waals surface area contributed by atoms with Crippen LogP contribution in [0.1, 0.15) is 37.7 Å². The summed E-state index contributed by atoms with van der Waals surface area (Å²) in [6.45, 7) is 4.52. The Kier molecular flexibility index (Phi) is 3.83. The van der Waals surface area contributed by atoms with Gasteiger partial charge in [-0.15, -0.1) is 0 Å². The van der Waals surface area contributed by atoms with Crippen LogP contribution < -0.4 is 11.3 Å². The van der Waals surface area contributed by atoms with Gasteiger partial charge < -0.3 is 10.7 Å². The van der Waals surface area contributed by atoms with E-state index in [1.165, 1.54) is 0 Å². The first kappa shape index (κ1) is 10.9. The van der Waals surface area contributed by atoms with Crippen molar-refractivity contribution in [2.24, 2.45) is 5.73 Å². The molecular weight excluding hydrogens is 178 g/mol. The van der Waals surface area contributed by atoms with E-state index in [0.717, 1.165) is 18.5 Å². The highest BCUT2D eigenvalue weighted by Gasteiger charge is 2.07. The van der Waals surface area contributed by atoms with Crippen LogP contribution in [0.3, 0.4) is 0 Å². The van der Waals surface area contributed by atoms with Crippen LogP contribution in [-0.4, -0.2) is 16.5 Å². The van der Waals surface area contributed by atoms with E-state index in [1.807, 2.05) is 6.92 Å². The second kappa shape index (κ2) is 4.91. The zero-order valence-corrected chi connectivity index (χ0v) is 8.71. The van der Waals surface area contributed by atoms with E-state index in [4.69, 9.17) is 5.73 Å². The normalized spacial score (nSPS) is 12.8. The van der Waals surface area contributed by atoms with Gasteiger partial charge in [-0.2, -0.15) is 0 Å². The SMILES string of the molecule is CCCc1cc(=O)[nH]c(C(C)CN)n1. The van der Waals surface area contributed by atoms with Crippen molar-refractivity contribution in [1.29, 1.82) is 0 Å². The molecule has 4 heteroatoms. The van der Waals surface area contributed by atoms with Gasteiger partial charge >= 0.3 is 0 Å². The van der Waals surface area contributed by atoms with Gasteiger partial charge in [0.2, 0.25) is 0 Å². The van der Waals surface area contributed by atoms with E-state index in [9.17, 15) is 4.79 Å². The molecule has 0 aliphatic heterocycles. The van der Waals surface area contributed by atoms with Crippen LogP contribution in [0.2, 0.25) is 0 Å². The van der Waals surface area contributed by atoms with E-state index in [0.29, 0.717) is 12.4 Å². The minimum Gasteiger partial charge on any atom is -0.330 e. The lowest BCUT2D eigenvalue weighted by molar-refractivity contribution is 0.692. The van der Waals surface area contributed by atoms with Crippen molar-refractivity contribution in [3.63, 3.8) is 0 Å². The topological polar surface area (TPSA) is 71.8 Å². The number of aryl methyl sites for hydroxylation is 1. The Morgan fingerprint density at radius 3 is 2.93 bits per heavy atom. The Balaban J connectivity index is 3.00. The predicted octanol–water partition coefficient (Wildman–Crippen LogP) is 0.785. The first-order valence-corrected chi connectivity index (χ1v) is 4.97. The van der Waals surface area contributed by atoms with Gasteiger partial charge in [0.15, 0.2) is 0 Å². The van der Waals surface area contributed by atoms with Crippen LogP contribution in [0, 0.1) is 0 Å². The van der Waals surface area contributed by atoms with Crippen molar-refractivity contribution < 1.29 is 0 Å². The summed E-state index contributed by atoms with van der Waals surface area (Å²) in [4.78, 5) is 18.3. The van der Waals surface area contributed by atoms with Gasteiger partial charge in [0.1, 0.15) is 5.82 Å². The standard InChI is InChI=1S/C10H17N3O/c1-3-4-8-5-9(14)13-10(12-8)7(2)6-11/h5,7H,3-4,6,11H2,1-2H3,(H,12,13,14). The van der Waals surface area contributed by atoms with E-state index < -0.39 is 0 Å². The lowest BCUT2D eigenvalue weighted by Crippen LogP contribution is -2.18. The van der Waals surface area contributed by atoms with Crippen LogP contribution in [0.25, 0.3) is 0 Å². The Morgan fingerprint density at radius 2 is 2.36 bits per heavy atom. The molecule has 0 aliphatic rings. The number of aromatic amines is 1. The van der Waals surface area contributed by atoms with E-state index in [1.54, 1.807) is 6.07 Å². The number of H-pyrrole nitrogens is 1. The molecule has 0 spiro atoms. The smallest absolute Gasteiger partial charge is 0.251 e. The van der Waals surface area contributed by atoms with E-state index in [2.05, 4.69) is 16.9 Å². The minimum absolute atomic E-state index is 0.0845. The molecule has 1 heterocycles. The zero-order chi connectivity index (χ0) is 10.6. The number of nitrogens with one attached hydrogen (secondary N) is 1. The summed E-state index contributed by atoms with van der Waals surface area (Å²) in [7, 11) is 0. The number of hydrogen-bond donors (Lipinski definition) is 2. The van der Waals surface area contributed by atoms with Crippen molar-refractivity contribution >= 4 is 0 Å². The summed E-state index contributed by atoms with van der Waals surface area (Å²) in [6, 6.07) is 1.55. The third-order valence-corrected chi connectivity index (χ3v) is 2.14. The minimum atomic E-state index is -0.0845. The first-order chi connectivity index (χ1) is 6.67. The lowest BCUT2D eigenvalue weighted by Gasteiger charge is -2.08. The van der Waals surface area contributed by atoms with Crippen molar-refractivity contribution in [1.82, 2.24) is 9.97 Å². The molecule has 1 rings (SSSR count). The van der Waals surface area contributed by atoms with Gasteiger partial charge in [0.05, 0.1) is 0 Å². The van der Waals surface area contributed by atoms with Gasteiger partial charge in [0, 0.05) is 24.2 Å². The molecule has 0 bridgehead atoms. The second-order valence-electron chi connectivity index (χ2n) is 3.51. The molecule has 4 nitrogen and oxygen atoms in total. The Morgan fingerprint density at radius 1 is 1.64 bits per heavy atom. The molecule has 1 aromatic rings. The van der Waals surface area contributed by atoms with Crippen LogP contribution in [0.5, 0.6) is 0 Å². The molecule has 0 saturated carbocycles. The summed E-state index contributed by atoms with van der Waals surface area (Å²) >= 11 is 0. The van der Waals surface area contributed by atoms with Crippen LogP contribution in [0.15, 0.2) is 10.9 Å². The number of aromatic nitrogens is 2. The van der Waals surface area contributed by atoms with Crippen LogP contribution in [-0.2, 0) is 6.42 Å². The summed E-state index contributed by atoms with van der Waals surface area (Å²) in [6.07, 6.45) is 1.83. The quantitative estimate of drug-likeness (QED) is 0.746. The van der Waals surface area contributed by atoms with E-state index >= 15 is 0 Å².